The molecule has 0 radical (unpaired) electrons. The maximum absolute atomic E-state index is 5.08. The van der Waals surface area contributed by atoms with Gasteiger partial charge in [-0.2, -0.15) is 0 Å². The minimum absolute atomic E-state index is 0.676. The molecule has 0 amide bonds. The zero-order valence-corrected chi connectivity index (χ0v) is 15.9. The predicted molar refractivity (Wildman–Crippen MR) is 105 cm³/mol. The Morgan fingerprint density at radius 3 is 2.60 bits per heavy atom. The Morgan fingerprint density at radius 1 is 1.12 bits per heavy atom. The first-order valence-corrected chi connectivity index (χ1v) is 9.63. The first kappa shape index (κ1) is 19.7. The lowest BCUT2D eigenvalue weighted by Crippen LogP contribution is -2.38. The molecule has 0 unspecified atom stereocenters. The number of guanidine groups is 1. The van der Waals surface area contributed by atoms with Crippen molar-refractivity contribution < 1.29 is 4.74 Å². The van der Waals surface area contributed by atoms with E-state index in [9.17, 15) is 0 Å². The van der Waals surface area contributed by atoms with Crippen LogP contribution in [0.1, 0.15) is 43.7 Å². The summed E-state index contributed by atoms with van der Waals surface area (Å²) in [4.78, 5) is 7.27. The fraction of sp³-hybridized carbons (Fsp3) is 0.650. The molecule has 0 bridgehead atoms. The summed E-state index contributed by atoms with van der Waals surface area (Å²) in [5.41, 5.74) is 2.66. The lowest BCUT2D eigenvalue weighted by Gasteiger charge is -2.20. The van der Waals surface area contributed by atoms with Crippen LogP contribution in [0.3, 0.4) is 0 Å². The zero-order chi connectivity index (χ0) is 17.7. The topological polar surface area (TPSA) is 48.9 Å². The molecule has 0 atom stereocenters. The fourth-order valence-electron chi connectivity index (χ4n) is 3.16. The molecule has 5 heteroatoms. The minimum atomic E-state index is 0.676. The highest BCUT2D eigenvalue weighted by Crippen LogP contribution is 2.14. The SMILES string of the molecule is CCNC(=NCc1cccc(CN2CCCCCC2)c1)NCCOC. The van der Waals surface area contributed by atoms with Crippen molar-refractivity contribution in [3.8, 4) is 0 Å². The number of rotatable bonds is 8. The molecule has 0 spiro atoms. The summed E-state index contributed by atoms with van der Waals surface area (Å²) in [5.74, 6) is 0.845. The van der Waals surface area contributed by atoms with Crippen LogP contribution in [0.15, 0.2) is 29.3 Å². The van der Waals surface area contributed by atoms with Crippen molar-refractivity contribution in [1.29, 1.82) is 0 Å². The summed E-state index contributed by atoms with van der Waals surface area (Å²) in [5, 5.41) is 6.56. The smallest absolute Gasteiger partial charge is 0.191 e. The van der Waals surface area contributed by atoms with Gasteiger partial charge in [-0.1, -0.05) is 37.1 Å². The molecule has 25 heavy (non-hydrogen) atoms. The van der Waals surface area contributed by atoms with Crippen LogP contribution in [-0.4, -0.2) is 50.8 Å². The molecule has 1 saturated heterocycles. The largest absolute Gasteiger partial charge is 0.383 e. The van der Waals surface area contributed by atoms with Crippen molar-refractivity contribution in [2.45, 2.75) is 45.7 Å². The van der Waals surface area contributed by atoms with E-state index in [0.717, 1.165) is 25.6 Å². The van der Waals surface area contributed by atoms with E-state index in [1.54, 1.807) is 7.11 Å². The second-order valence-electron chi connectivity index (χ2n) is 6.63. The normalized spacial score (nSPS) is 16.5. The molecule has 2 rings (SSSR count). The van der Waals surface area contributed by atoms with Crippen molar-refractivity contribution in [3.05, 3.63) is 35.4 Å². The molecule has 1 aromatic rings. The molecule has 1 aromatic carbocycles. The van der Waals surface area contributed by atoms with E-state index in [1.807, 2.05) is 0 Å². The summed E-state index contributed by atoms with van der Waals surface area (Å²) >= 11 is 0. The van der Waals surface area contributed by atoms with Gasteiger partial charge in [0.1, 0.15) is 0 Å². The minimum Gasteiger partial charge on any atom is -0.383 e. The molecule has 0 aliphatic carbocycles. The number of aliphatic imine (C=N–C) groups is 1. The molecule has 1 fully saturated rings. The van der Waals surface area contributed by atoms with Crippen LogP contribution in [-0.2, 0) is 17.8 Å². The van der Waals surface area contributed by atoms with Gasteiger partial charge in [0.15, 0.2) is 5.96 Å². The number of likely N-dealkylation sites (tertiary alicyclic amines) is 1. The summed E-state index contributed by atoms with van der Waals surface area (Å²) in [6, 6.07) is 8.85. The highest BCUT2D eigenvalue weighted by atomic mass is 16.5. The number of hydrogen-bond donors (Lipinski definition) is 2. The average molecular weight is 347 g/mol. The van der Waals surface area contributed by atoms with Gasteiger partial charge in [-0.3, -0.25) is 4.90 Å². The van der Waals surface area contributed by atoms with Crippen LogP contribution in [0.5, 0.6) is 0 Å². The number of methoxy groups -OCH3 is 1. The van der Waals surface area contributed by atoms with E-state index in [1.165, 1.54) is 49.9 Å². The third-order valence-electron chi connectivity index (χ3n) is 4.46. The summed E-state index contributed by atoms with van der Waals surface area (Å²) in [7, 11) is 1.71. The van der Waals surface area contributed by atoms with Crippen molar-refractivity contribution in [2.75, 3.05) is 39.9 Å². The number of nitrogens with zero attached hydrogens (tertiary/aromatic N) is 2. The van der Waals surface area contributed by atoms with Crippen molar-refractivity contribution in [3.63, 3.8) is 0 Å². The molecular formula is C20H34N4O. The van der Waals surface area contributed by atoms with Gasteiger partial charge in [-0.15, -0.1) is 0 Å². The van der Waals surface area contributed by atoms with Crippen molar-refractivity contribution in [1.82, 2.24) is 15.5 Å². The molecular weight excluding hydrogens is 312 g/mol. The molecule has 2 N–H and O–H groups in total. The van der Waals surface area contributed by atoms with Gasteiger partial charge in [0.2, 0.25) is 0 Å². The van der Waals surface area contributed by atoms with Crippen LogP contribution in [0.25, 0.3) is 0 Å². The van der Waals surface area contributed by atoms with Crippen LogP contribution in [0.4, 0.5) is 0 Å². The summed E-state index contributed by atoms with van der Waals surface area (Å²) in [6.45, 7) is 8.59. The monoisotopic (exact) mass is 346 g/mol. The molecule has 0 aromatic heterocycles. The van der Waals surface area contributed by atoms with Crippen molar-refractivity contribution in [2.24, 2.45) is 4.99 Å². The maximum atomic E-state index is 5.08. The maximum Gasteiger partial charge on any atom is 0.191 e. The van der Waals surface area contributed by atoms with E-state index >= 15 is 0 Å². The molecule has 1 aliphatic rings. The fourth-order valence-corrected chi connectivity index (χ4v) is 3.16. The van der Waals surface area contributed by atoms with E-state index in [4.69, 9.17) is 4.74 Å². The second kappa shape index (κ2) is 11.9. The Labute approximate surface area is 152 Å². The van der Waals surface area contributed by atoms with Gasteiger partial charge in [-0.25, -0.2) is 4.99 Å². The van der Waals surface area contributed by atoms with E-state index < -0.39 is 0 Å². The summed E-state index contributed by atoms with van der Waals surface area (Å²) < 4.78 is 5.08. The van der Waals surface area contributed by atoms with Crippen molar-refractivity contribution >= 4 is 5.96 Å². The van der Waals surface area contributed by atoms with Crippen LogP contribution >= 0.6 is 0 Å². The van der Waals surface area contributed by atoms with E-state index in [2.05, 4.69) is 51.7 Å². The lowest BCUT2D eigenvalue weighted by molar-refractivity contribution is 0.203. The molecule has 1 aliphatic heterocycles. The number of ether oxygens (including phenoxy) is 1. The van der Waals surface area contributed by atoms with E-state index in [-0.39, 0.29) is 0 Å². The highest BCUT2D eigenvalue weighted by Gasteiger charge is 2.09. The standard InChI is InChI=1S/C20H34N4O/c1-3-21-20(22-11-14-25-2)23-16-18-9-8-10-19(15-18)17-24-12-6-4-5-7-13-24/h8-10,15H,3-7,11-14,16-17H2,1-2H3,(H2,21,22,23). The highest BCUT2D eigenvalue weighted by molar-refractivity contribution is 5.79. The molecule has 0 saturated carbocycles. The molecule has 1 heterocycles. The van der Waals surface area contributed by atoms with Gasteiger partial charge in [0.05, 0.1) is 13.2 Å². The van der Waals surface area contributed by atoms with Gasteiger partial charge in [0, 0.05) is 26.7 Å². The second-order valence-corrected chi connectivity index (χ2v) is 6.63. The Morgan fingerprint density at radius 2 is 1.88 bits per heavy atom. The first-order valence-electron chi connectivity index (χ1n) is 9.63. The van der Waals surface area contributed by atoms with Gasteiger partial charge in [-0.05, 0) is 44.0 Å². The third-order valence-corrected chi connectivity index (χ3v) is 4.46. The molecule has 140 valence electrons. The third kappa shape index (κ3) is 7.88. The van der Waals surface area contributed by atoms with Gasteiger partial charge in [0.25, 0.3) is 0 Å². The van der Waals surface area contributed by atoms with Crippen LogP contribution < -0.4 is 10.6 Å². The zero-order valence-electron chi connectivity index (χ0n) is 15.9. The van der Waals surface area contributed by atoms with Gasteiger partial charge >= 0.3 is 0 Å². The van der Waals surface area contributed by atoms with Crippen LogP contribution in [0.2, 0.25) is 0 Å². The first-order chi connectivity index (χ1) is 12.3. The molecule has 5 nitrogen and oxygen atoms in total. The lowest BCUT2D eigenvalue weighted by atomic mass is 10.1. The Balaban J connectivity index is 1.91. The van der Waals surface area contributed by atoms with Crippen LogP contribution in [0, 0.1) is 0 Å². The van der Waals surface area contributed by atoms with Gasteiger partial charge < -0.3 is 15.4 Å². The number of nitrogens with one attached hydrogen (secondary N) is 2. The summed E-state index contributed by atoms with van der Waals surface area (Å²) in [6.07, 6.45) is 5.44. The Hall–Kier alpha value is -1.59. The number of benzene rings is 1. The Kier molecular flexibility index (Phi) is 9.37. The number of hydrogen-bond acceptors (Lipinski definition) is 3. The average Bonchev–Trinajstić information content (AvgIpc) is 2.89. The predicted octanol–water partition coefficient (Wildman–Crippen LogP) is 2.76. The van der Waals surface area contributed by atoms with E-state index in [0.29, 0.717) is 13.2 Å². The Bertz CT molecular complexity index is 510. The quantitative estimate of drug-likeness (QED) is 0.432.